The Morgan fingerprint density at radius 3 is 2.87 bits per heavy atom. The molecule has 0 amide bonds. The van der Waals surface area contributed by atoms with Gasteiger partial charge < -0.3 is 10.1 Å². The molecule has 3 heteroatoms. The average Bonchev–Trinajstić information content (AvgIpc) is 2.20. The maximum atomic E-state index is 5.66. The molecule has 0 unspecified atom stereocenters. The van der Waals surface area contributed by atoms with E-state index in [0.717, 1.165) is 17.6 Å². The normalized spacial score (nSPS) is 26.6. The van der Waals surface area contributed by atoms with E-state index < -0.39 is 0 Å². The molecular formula is C12H16BrNO. The fraction of sp³-hybridized carbons (Fsp3) is 0.500. The van der Waals surface area contributed by atoms with Gasteiger partial charge in [-0.25, -0.2) is 0 Å². The van der Waals surface area contributed by atoms with Crippen molar-refractivity contribution < 1.29 is 4.74 Å². The predicted molar refractivity (Wildman–Crippen MR) is 65.0 cm³/mol. The summed E-state index contributed by atoms with van der Waals surface area (Å²) in [5, 5.41) is 3.51. The molecule has 1 aromatic rings. The van der Waals surface area contributed by atoms with Crippen LogP contribution in [-0.2, 0) is 4.74 Å². The summed E-state index contributed by atoms with van der Waals surface area (Å²) in [5.41, 5.74) is 2.64. The van der Waals surface area contributed by atoms with Crippen LogP contribution in [-0.4, -0.2) is 19.3 Å². The molecule has 0 saturated carbocycles. The van der Waals surface area contributed by atoms with Crippen LogP contribution in [0.3, 0.4) is 0 Å². The van der Waals surface area contributed by atoms with E-state index in [0.29, 0.717) is 12.1 Å². The topological polar surface area (TPSA) is 21.3 Å². The highest BCUT2D eigenvalue weighted by molar-refractivity contribution is 9.10. The average molecular weight is 270 g/mol. The third-order valence-electron chi connectivity index (χ3n) is 2.81. The Morgan fingerprint density at radius 2 is 2.27 bits per heavy atom. The van der Waals surface area contributed by atoms with Crippen molar-refractivity contribution >= 4 is 15.9 Å². The van der Waals surface area contributed by atoms with Gasteiger partial charge in [0.15, 0.2) is 0 Å². The van der Waals surface area contributed by atoms with Crippen LogP contribution in [0.15, 0.2) is 22.7 Å². The SMILES string of the molecule is Cc1cc(Br)ccc1[C@H]1CO[C@H](C)CN1. The Kier molecular flexibility index (Phi) is 3.44. The molecule has 1 aliphatic rings. The molecular weight excluding hydrogens is 254 g/mol. The first-order valence-electron chi connectivity index (χ1n) is 5.28. The van der Waals surface area contributed by atoms with Gasteiger partial charge in [0, 0.05) is 11.0 Å². The third-order valence-corrected chi connectivity index (χ3v) is 3.30. The second-order valence-corrected chi connectivity index (χ2v) is 5.02. The first kappa shape index (κ1) is 11.1. The molecule has 0 radical (unpaired) electrons. The van der Waals surface area contributed by atoms with Crippen LogP contribution < -0.4 is 5.32 Å². The minimum Gasteiger partial charge on any atom is -0.375 e. The van der Waals surface area contributed by atoms with Crippen LogP contribution >= 0.6 is 15.9 Å². The molecule has 0 bridgehead atoms. The van der Waals surface area contributed by atoms with E-state index in [1.165, 1.54) is 11.1 Å². The summed E-state index contributed by atoms with van der Waals surface area (Å²) in [6.45, 7) is 5.93. The number of morpholine rings is 1. The van der Waals surface area contributed by atoms with E-state index in [2.05, 4.69) is 53.3 Å². The van der Waals surface area contributed by atoms with Crippen molar-refractivity contribution in [2.45, 2.75) is 26.0 Å². The molecule has 2 atom stereocenters. The fourth-order valence-corrected chi connectivity index (χ4v) is 2.39. The molecule has 1 saturated heterocycles. The summed E-state index contributed by atoms with van der Waals surface area (Å²) in [5.74, 6) is 0. The van der Waals surface area contributed by atoms with Crippen LogP contribution in [0.2, 0.25) is 0 Å². The lowest BCUT2D eigenvalue weighted by Gasteiger charge is -2.29. The molecule has 82 valence electrons. The first-order valence-corrected chi connectivity index (χ1v) is 6.07. The van der Waals surface area contributed by atoms with Crippen LogP contribution in [0.4, 0.5) is 0 Å². The lowest BCUT2D eigenvalue weighted by Crippen LogP contribution is -2.39. The number of rotatable bonds is 1. The Hall–Kier alpha value is -0.380. The molecule has 1 heterocycles. The quantitative estimate of drug-likeness (QED) is 0.847. The van der Waals surface area contributed by atoms with Crippen LogP contribution in [0.5, 0.6) is 0 Å². The number of ether oxygens (including phenoxy) is 1. The molecule has 2 rings (SSSR count). The highest BCUT2D eigenvalue weighted by atomic mass is 79.9. The van der Waals surface area contributed by atoms with Crippen molar-refractivity contribution in [2.24, 2.45) is 0 Å². The first-order chi connectivity index (χ1) is 7.16. The Labute approximate surface area is 99.1 Å². The van der Waals surface area contributed by atoms with E-state index >= 15 is 0 Å². The maximum absolute atomic E-state index is 5.66. The number of hydrogen-bond acceptors (Lipinski definition) is 2. The summed E-state index contributed by atoms with van der Waals surface area (Å²) >= 11 is 3.48. The summed E-state index contributed by atoms with van der Waals surface area (Å²) in [4.78, 5) is 0. The van der Waals surface area contributed by atoms with Crippen LogP contribution in [0.25, 0.3) is 0 Å². The lowest BCUT2D eigenvalue weighted by molar-refractivity contribution is 0.0148. The Bertz CT molecular complexity index is 345. The van der Waals surface area contributed by atoms with Gasteiger partial charge >= 0.3 is 0 Å². The van der Waals surface area contributed by atoms with E-state index in [-0.39, 0.29) is 0 Å². The van der Waals surface area contributed by atoms with Gasteiger partial charge in [0.1, 0.15) is 0 Å². The largest absolute Gasteiger partial charge is 0.375 e. The molecule has 1 aromatic carbocycles. The molecule has 0 aromatic heterocycles. The van der Waals surface area contributed by atoms with Gasteiger partial charge in [0.25, 0.3) is 0 Å². The van der Waals surface area contributed by atoms with Gasteiger partial charge in [-0.3, -0.25) is 0 Å². The second-order valence-electron chi connectivity index (χ2n) is 4.11. The summed E-state index contributed by atoms with van der Waals surface area (Å²) in [7, 11) is 0. The van der Waals surface area contributed by atoms with E-state index in [9.17, 15) is 0 Å². The third kappa shape index (κ3) is 2.60. The number of hydrogen-bond donors (Lipinski definition) is 1. The fourth-order valence-electron chi connectivity index (χ4n) is 1.92. The molecule has 1 fully saturated rings. The zero-order chi connectivity index (χ0) is 10.8. The predicted octanol–water partition coefficient (Wildman–Crippen LogP) is 2.81. The monoisotopic (exact) mass is 269 g/mol. The van der Waals surface area contributed by atoms with Crippen LogP contribution in [0, 0.1) is 6.92 Å². The van der Waals surface area contributed by atoms with Crippen LogP contribution in [0.1, 0.15) is 24.1 Å². The van der Waals surface area contributed by atoms with Gasteiger partial charge in [0.2, 0.25) is 0 Å². The summed E-state index contributed by atoms with van der Waals surface area (Å²) in [6, 6.07) is 6.74. The minimum atomic E-state index is 0.331. The van der Waals surface area contributed by atoms with Crippen molar-refractivity contribution in [1.29, 1.82) is 0 Å². The molecule has 1 N–H and O–H groups in total. The smallest absolute Gasteiger partial charge is 0.0672 e. The van der Waals surface area contributed by atoms with Crippen molar-refractivity contribution in [3.8, 4) is 0 Å². The van der Waals surface area contributed by atoms with Crippen molar-refractivity contribution in [2.75, 3.05) is 13.2 Å². The molecule has 1 aliphatic heterocycles. The van der Waals surface area contributed by atoms with Gasteiger partial charge in [-0.2, -0.15) is 0 Å². The second kappa shape index (κ2) is 4.64. The number of nitrogens with one attached hydrogen (secondary N) is 1. The Balaban J connectivity index is 2.15. The van der Waals surface area contributed by atoms with Crippen molar-refractivity contribution in [3.63, 3.8) is 0 Å². The summed E-state index contributed by atoms with van der Waals surface area (Å²) in [6.07, 6.45) is 0.331. The highest BCUT2D eigenvalue weighted by Crippen LogP contribution is 2.23. The van der Waals surface area contributed by atoms with E-state index in [4.69, 9.17) is 4.74 Å². The minimum absolute atomic E-state index is 0.331. The van der Waals surface area contributed by atoms with Gasteiger partial charge in [0.05, 0.1) is 18.8 Å². The van der Waals surface area contributed by atoms with E-state index in [1.54, 1.807) is 0 Å². The van der Waals surface area contributed by atoms with Gasteiger partial charge in [-0.1, -0.05) is 22.0 Å². The number of halogens is 1. The molecule has 0 aliphatic carbocycles. The van der Waals surface area contributed by atoms with Crippen molar-refractivity contribution in [3.05, 3.63) is 33.8 Å². The van der Waals surface area contributed by atoms with Gasteiger partial charge in [-0.05, 0) is 37.1 Å². The molecule has 2 nitrogen and oxygen atoms in total. The number of benzene rings is 1. The van der Waals surface area contributed by atoms with Gasteiger partial charge in [-0.15, -0.1) is 0 Å². The zero-order valence-electron chi connectivity index (χ0n) is 9.09. The van der Waals surface area contributed by atoms with E-state index in [1.807, 2.05) is 0 Å². The molecule has 15 heavy (non-hydrogen) atoms. The summed E-state index contributed by atoms with van der Waals surface area (Å²) < 4.78 is 6.79. The standard InChI is InChI=1S/C12H16BrNO/c1-8-5-10(13)3-4-11(8)12-7-15-9(2)6-14-12/h3-5,9,12,14H,6-7H2,1-2H3/t9-,12-/m1/s1. The Morgan fingerprint density at radius 1 is 1.47 bits per heavy atom. The molecule has 0 spiro atoms. The van der Waals surface area contributed by atoms with Crippen molar-refractivity contribution in [1.82, 2.24) is 5.32 Å². The lowest BCUT2D eigenvalue weighted by atomic mass is 10.0. The number of aryl methyl sites for hydroxylation is 1. The highest BCUT2D eigenvalue weighted by Gasteiger charge is 2.20. The maximum Gasteiger partial charge on any atom is 0.0672 e. The zero-order valence-corrected chi connectivity index (χ0v) is 10.7.